The highest BCUT2D eigenvalue weighted by Crippen LogP contribution is 2.34. The fourth-order valence-corrected chi connectivity index (χ4v) is 2.91. The van der Waals surface area contributed by atoms with Crippen molar-refractivity contribution in [3.63, 3.8) is 0 Å². The van der Waals surface area contributed by atoms with Gasteiger partial charge in [0.25, 0.3) is 0 Å². The molecule has 0 radical (unpaired) electrons. The number of benzene rings is 1. The van der Waals surface area contributed by atoms with Gasteiger partial charge in [0.1, 0.15) is 17.6 Å². The van der Waals surface area contributed by atoms with Gasteiger partial charge >= 0.3 is 0 Å². The average Bonchev–Trinajstić information content (AvgIpc) is 2.98. The lowest BCUT2D eigenvalue weighted by Crippen LogP contribution is -2.37. The smallest absolute Gasteiger partial charge is 0.191 e. The third-order valence-corrected chi connectivity index (χ3v) is 4.18. The van der Waals surface area contributed by atoms with Crippen LogP contribution in [0.5, 0.6) is 11.5 Å². The maximum absolute atomic E-state index is 5.86. The van der Waals surface area contributed by atoms with Crippen molar-refractivity contribution in [2.75, 3.05) is 33.9 Å². The highest BCUT2D eigenvalue weighted by atomic mass is 16.5. The molecule has 1 aliphatic heterocycles. The molecule has 2 rings (SSSR count). The van der Waals surface area contributed by atoms with Crippen molar-refractivity contribution >= 4 is 5.96 Å². The Bertz CT molecular complexity index is 602. The zero-order chi connectivity index (χ0) is 18.9. The Balaban J connectivity index is 1.80. The molecule has 1 aromatic carbocycles. The maximum Gasteiger partial charge on any atom is 0.191 e. The molecular formula is C20H33N3O3. The lowest BCUT2D eigenvalue weighted by molar-refractivity contribution is 0.108. The van der Waals surface area contributed by atoms with Crippen LogP contribution in [0.15, 0.2) is 17.1 Å². The van der Waals surface area contributed by atoms with E-state index in [2.05, 4.69) is 48.5 Å². The van der Waals surface area contributed by atoms with Gasteiger partial charge in [-0.1, -0.05) is 13.8 Å². The van der Waals surface area contributed by atoms with E-state index in [1.165, 1.54) is 5.56 Å². The van der Waals surface area contributed by atoms with E-state index in [1.807, 2.05) is 0 Å². The summed E-state index contributed by atoms with van der Waals surface area (Å²) in [6.45, 7) is 9.41. The predicted molar refractivity (Wildman–Crippen MR) is 105 cm³/mol. The van der Waals surface area contributed by atoms with Crippen molar-refractivity contribution in [1.82, 2.24) is 10.6 Å². The standard InChI is InChI=1S/C20H33N3O3/c1-14(2)13-25-8-6-7-22-20(21-4)23-12-17-11-19-16(9-15(3)26-19)10-18(17)24-5/h10-11,14-15H,6-9,12-13H2,1-5H3,(H2,21,22,23). The first-order chi connectivity index (χ1) is 12.5. The summed E-state index contributed by atoms with van der Waals surface area (Å²) in [7, 11) is 3.48. The van der Waals surface area contributed by atoms with E-state index in [0.717, 1.165) is 55.6 Å². The van der Waals surface area contributed by atoms with Crippen LogP contribution in [-0.4, -0.2) is 46.0 Å². The molecular weight excluding hydrogens is 330 g/mol. The van der Waals surface area contributed by atoms with Gasteiger partial charge in [-0.25, -0.2) is 0 Å². The average molecular weight is 364 g/mol. The molecule has 2 N–H and O–H groups in total. The molecule has 0 spiro atoms. The summed E-state index contributed by atoms with van der Waals surface area (Å²) in [6, 6.07) is 4.15. The second-order valence-corrected chi connectivity index (χ2v) is 7.08. The minimum Gasteiger partial charge on any atom is -0.496 e. The normalized spacial score (nSPS) is 16.4. The number of methoxy groups -OCH3 is 1. The monoisotopic (exact) mass is 363 g/mol. The van der Waals surface area contributed by atoms with Crippen LogP contribution in [-0.2, 0) is 17.7 Å². The Kier molecular flexibility index (Phi) is 8.04. The van der Waals surface area contributed by atoms with Gasteiger partial charge in [-0.15, -0.1) is 0 Å². The molecule has 1 atom stereocenters. The molecule has 0 amide bonds. The zero-order valence-electron chi connectivity index (χ0n) is 16.7. The fourth-order valence-electron chi connectivity index (χ4n) is 2.91. The first-order valence-corrected chi connectivity index (χ1v) is 9.42. The summed E-state index contributed by atoms with van der Waals surface area (Å²) in [5.41, 5.74) is 2.27. The van der Waals surface area contributed by atoms with Crippen LogP contribution >= 0.6 is 0 Å². The summed E-state index contributed by atoms with van der Waals surface area (Å²) >= 11 is 0. The number of nitrogens with zero attached hydrogens (tertiary/aromatic N) is 1. The van der Waals surface area contributed by atoms with Crippen LogP contribution in [0.2, 0.25) is 0 Å². The summed E-state index contributed by atoms with van der Waals surface area (Å²) in [5.74, 6) is 3.18. The second-order valence-electron chi connectivity index (χ2n) is 7.08. The highest BCUT2D eigenvalue weighted by molar-refractivity contribution is 5.79. The van der Waals surface area contributed by atoms with E-state index in [-0.39, 0.29) is 6.10 Å². The van der Waals surface area contributed by atoms with Crippen molar-refractivity contribution in [3.8, 4) is 11.5 Å². The van der Waals surface area contributed by atoms with E-state index in [9.17, 15) is 0 Å². The zero-order valence-corrected chi connectivity index (χ0v) is 16.7. The molecule has 6 nitrogen and oxygen atoms in total. The Hall–Kier alpha value is -1.95. The van der Waals surface area contributed by atoms with Crippen LogP contribution < -0.4 is 20.1 Å². The number of aliphatic imine (C=N–C) groups is 1. The molecule has 0 aromatic heterocycles. The van der Waals surface area contributed by atoms with Crippen molar-refractivity contribution in [1.29, 1.82) is 0 Å². The number of hydrogen-bond acceptors (Lipinski definition) is 4. The molecule has 0 fully saturated rings. The first kappa shape index (κ1) is 20.4. The molecule has 0 saturated carbocycles. The number of nitrogens with one attached hydrogen (secondary N) is 2. The Morgan fingerprint density at radius 1 is 1.35 bits per heavy atom. The van der Waals surface area contributed by atoms with E-state index >= 15 is 0 Å². The first-order valence-electron chi connectivity index (χ1n) is 9.42. The van der Waals surface area contributed by atoms with Crippen LogP contribution in [0.1, 0.15) is 38.3 Å². The third-order valence-electron chi connectivity index (χ3n) is 4.18. The molecule has 26 heavy (non-hydrogen) atoms. The summed E-state index contributed by atoms with van der Waals surface area (Å²) in [4.78, 5) is 4.27. The lowest BCUT2D eigenvalue weighted by atomic mass is 10.1. The molecule has 1 unspecified atom stereocenters. The lowest BCUT2D eigenvalue weighted by Gasteiger charge is -2.15. The summed E-state index contributed by atoms with van der Waals surface area (Å²) < 4.78 is 17.0. The van der Waals surface area contributed by atoms with Gasteiger partial charge in [-0.2, -0.15) is 0 Å². The fraction of sp³-hybridized carbons (Fsp3) is 0.650. The van der Waals surface area contributed by atoms with Crippen molar-refractivity contribution in [3.05, 3.63) is 23.3 Å². The summed E-state index contributed by atoms with van der Waals surface area (Å²) in [5, 5.41) is 6.65. The van der Waals surface area contributed by atoms with E-state index in [0.29, 0.717) is 12.5 Å². The van der Waals surface area contributed by atoms with Crippen molar-refractivity contribution in [2.24, 2.45) is 10.9 Å². The Morgan fingerprint density at radius 3 is 2.85 bits per heavy atom. The number of hydrogen-bond donors (Lipinski definition) is 2. The van der Waals surface area contributed by atoms with Crippen LogP contribution in [0.4, 0.5) is 0 Å². The van der Waals surface area contributed by atoms with Crippen molar-refractivity contribution < 1.29 is 14.2 Å². The van der Waals surface area contributed by atoms with Crippen LogP contribution in [0, 0.1) is 5.92 Å². The van der Waals surface area contributed by atoms with Crippen molar-refractivity contribution in [2.45, 2.75) is 46.3 Å². The van der Waals surface area contributed by atoms with Gasteiger partial charge < -0.3 is 24.8 Å². The quantitative estimate of drug-likeness (QED) is 0.401. The topological polar surface area (TPSA) is 64.1 Å². The molecule has 0 aliphatic carbocycles. The Morgan fingerprint density at radius 2 is 2.15 bits per heavy atom. The largest absolute Gasteiger partial charge is 0.496 e. The molecule has 146 valence electrons. The number of guanidine groups is 1. The number of ether oxygens (including phenoxy) is 3. The number of rotatable bonds is 9. The van der Waals surface area contributed by atoms with Crippen LogP contribution in [0.25, 0.3) is 0 Å². The molecule has 1 aliphatic rings. The molecule has 1 heterocycles. The summed E-state index contributed by atoms with van der Waals surface area (Å²) in [6.07, 6.45) is 2.10. The predicted octanol–water partition coefficient (Wildman–Crippen LogP) is 2.75. The minimum atomic E-state index is 0.227. The maximum atomic E-state index is 5.86. The number of fused-ring (bicyclic) bond motifs is 1. The molecule has 0 saturated heterocycles. The van der Waals surface area contributed by atoms with Gasteiger partial charge in [-0.3, -0.25) is 4.99 Å². The van der Waals surface area contributed by atoms with E-state index in [4.69, 9.17) is 14.2 Å². The van der Waals surface area contributed by atoms with E-state index in [1.54, 1.807) is 14.2 Å². The van der Waals surface area contributed by atoms with Gasteiger partial charge in [0.2, 0.25) is 0 Å². The van der Waals surface area contributed by atoms with Gasteiger partial charge in [0.05, 0.1) is 7.11 Å². The highest BCUT2D eigenvalue weighted by Gasteiger charge is 2.21. The van der Waals surface area contributed by atoms with Gasteiger partial charge in [-0.05, 0) is 31.4 Å². The Labute approximate surface area is 157 Å². The second kappa shape index (κ2) is 10.3. The minimum absolute atomic E-state index is 0.227. The van der Waals surface area contributed by atoms with Crippen LogP contribution in [0.3, 0.4) is 0 Å². The van der Waals surface area contributed by atoms with Gasteiger partial charge in [0, 0.05) is 50.9 Å². The van der Waals surface area contributed by atoms with Gasteiger partial charge in [0.15, 0.2) is 5.96 Å². The molecule has 1 aromatic rings. The third kappa shape index (κ3) is 6.09. The SMILES string of the molecule is CN=C(NCCCOCC(C)C)NCc1cc2c(cc1OC)CC(C)O2. The molecule has 0 bridgehead atoms. The van der Waals surface area contributed by atoms with E-state index < -0.39 is 0 Å². The molecule has 6 heteroatoms.